The second kappa shape index (κ2) is 6.96. The van der Waals surface area contributed by atoms with Crippen molar-refractivity contribution >= 4 is 20.4 Å². The van der Waals surface area contributed by atoms with Crippen LogP contribution in [0, 0.1) is 5.92 Å². The molecule has 2 nitrogen and oxygen atoms in total. The van der Waals surface area contributed by atoms with Gasteiger partial charge in [0, 0.05) is 0 Å². The Kier molecular flexibility index (Phi) is 5.33. The molecule has 2 unspecified atom stereocenters. The fraction of sp³-hybridized carbons (Fsp3) is 0.636. The minimum absolute atomic E-state index is 0.272. The van der Waals surface area contributed by atoms with E-state index in [-0.39, 0.29) is 18.3 Å². The van der Waals surface area contributed by atoms with Crippen molar-refractivity contribution in [1.29, 1.82) is 0 Å². The lowest BCUT2D eigenvalue weighted by Crippen LogP contribution is -2.50. The molecule has 1 saturated heterocycles. The van der Waals surface area contributed by atoms with Crippen molar-refractivity contribution in [2.45, 2.75) is 83.2 Å². The van der Waals surface area contributed by atoms with Gasteiger partial charge in [0.25, 0.3) is 0 Å². The first-order valence-electron chi connectivity index (χ1n) is 10.2. The molecule has 1 aliphatic heterocycles. The van der Waals surface area contributed by atoms with Gasteiger partial charge in [0.2, 0.25) is 0 Å². The van der Waals surface area contributed by atoms with Crippen LogP contribution in [0.1, 0.15) is 53.4 Å². The summed E-state index contributed by atoms with van der Waals surface area (Å²) in [6.07, 6.45) is 5.15. The second-order valence-electron chi connectivity index (χ2n) is 9.75. The quantitative estimate of drug-likeness (QED) is 0.665. The first-order chi connectivity index (χ1) is 12.1. The maximum absolute atomic E-state index is 6.34. The Morgan fingerprint density at radius 3 is 2.12 bits per heavy atom. The van der Waals surface area contributed by atoms with E-state index in [0.29, 0.717) is 11.5 Å². The fourth-order valence-electron chi connectivity index (χ4n) is 4.69. The van der Waals surface area contributed by atoms with E-state index in [4.69, 9.17) is 9.31 Å². The van der Waals surface area contributed by atoms with Crippen molar-refractivity contribution in [3.8, 4) is 0 Å². The van der Waals surface area contributed by atoms with Crippen LogP contribution in [-0.2, 0) is 9.31 Å². The van der Waals surface area contributed by atoms with Gasteiger partial charge in [-0.3, -0.25) is 0 Å². The van der Waals surface area contributed by atoms with E-state index >= 15 is 0 Å². The highest BCUT2D eigenvalue weighted by Gasteiger charge is 2.54. The van der Waals surface area contributed by atoms with Gasteiger partial charge in [0.15, 0.2) is 0 Å². The summed E-state index contributed by atoms with van der Waals surface area (Å²) in [4.78, 5) is 0. The molecule has 4 heteroatoms. The summed E-state index contributed by atoms with van der Waals surface area (Å²) >= 11 is 0. The number of hydrogen-bond acceptors (Lipinski definition) is 2. The van der Waals surface area contributed by atoms with Crippen LogP contribution in [0.5, 0.6) is 0 Å². The first kappa shape index (κ1) is 19.9. The highest BCUT2D eigenvalue weighted by molar-refractivity contribution is 6.91. The van der Waals surface area contributed by atoms with Gasteiger partial charge in [-0.05, 0) is 51.0 Å². The number of rotatable bonds is 4. The van der Waals surface area contributed by atoms with Gasteiger partial charge in [0.1, 0.15) is 0 Å². The summed E-state index contributed by atoms with van der Waals surface area (Å²) in [6.45, 7) is 18.1. The molecule has 0 spiro atoms. The molecule has 2 aliphatic rings. The first-order valence-corrected chi connectivity index (χ1v) is 13.2. The largest absolute Gasteiger partial charge is 0.490 e. The van der Waals surface area contributed by atoms with E-state index in [1.165, 1.54) is 31.2 Å². The van der Waals surface area contributed by atoms with Gasteiger partial charge in [0.05, 0.1) is 19.3 Å². The van der Waals surface area contributed by atoms with Crippen molar-refractivity contribution in [3.63, 3.8) is 0 Å². The van der Waals surface area contributed by atoms with E-state index in [9.17, 15) is 0 Å². The molecule has 0 radical (unpaired) electrons. The highest BCUT2D eigenvalue weighted by atomic mass is 28.3. The molecular formula is C22H35BO2Si. The molecule has 0 amide bonds. The van der Waals surface area contributed by atoms with Crippen LogP contribution in [0.4, 0.5) is 0 Å². The monoisotopic (exact) mass is 370 g/mol. The maximum Gasteiger partial charge on any atom is 0.490 e. The minimum atomic E-state index is -1.60. The van der Waals surface area contributed by atoms with Crippen LogP contribution < -0.4 is 5.19 Å². The van der Waals surface area contributed by atoms with Gasteiger partial charge in [-0.2, -0.15) is 0 Å². The second-order valence-corrected chi connectivity index (χ2v) is 14.5. The Labute approximate surface area is 161 Å². The molecule has 1 saturated carbocycles. The van der Waals surface area contributed by atoms with Crippen molar-refractivity contribution in [2.24, 2.45) is 5.92 Å². The molecule has 1 aliphatic carbocycles. The van der Waals surface area contributed by atoms with Crippen LogP contribution in [0.3, 0.4) is 0 Å². The third-order valence-corrected chi connectivity index (χ3v) is 11.6. The normalized spacial score (nSPS) is 28.2. The van der Waals surface area contributed by atoms with Gasteiger partial charge < -0.3 is 9.31 Å². The van der Waals surface area contributed by atoms with E-state index < -0.39 is 8.07 Å². The Morgan fingerprint density at radius 2 is 1.54 bits per heavy atom. The zero-order valence-electron chi connectivity index (χ0n) is 17.5. The molecule has 0 aromatic heterocycles. The molecule has 0 N–H and O–H groups in total. The maximum atomic E-state index is 6.34. The summed E-state index contributed by atoms with van der Waals surface area (Å²) < 4.78 is 12.7. The molecule has 2 atom stereocenters. The lowest BCUT2D eigenvalue weighted by atomic mass is 9.67. The third-order valence-electron chi connectivity index (χ3n) is 7.24. The molecular weight excluding hydrogens is 335 g/mol. The van der Waals surface area contributed by atoms with Crippen LogP contribution in [0.2, 0.25) is 18.6 Å². The molecule has 142 valence electrons. The molecule has 26 heavy (non-hydrogen) atoms. The zero-order valence-corrected chi connectivity index (χ0v) is 18.5. The zero-order chi connectivity index (χ0) is 19.2. The summed E-state index contributed by atoms with van der Waals surface area (Å²) in [5.41, 5.74) is 1.28. The van der Waals surface area contributed by atoms with Crippen LogP contribution in [0.15, 0.2) is 42.4 Å². The lowest BCUT2D eigenvalue weighted by molar-refractivity contribution is 0.00578. The van der Waals surface area contributed by atoms with Crippen molar-refractivity contribution in [1.82, 2.24) is 0 Å². The van der Waals surface area contributed by atoms with Gasteiger partial charge in [-0.25, -0.2) is 0 Å². The summed E-state index contributed by atoms with van der Waals surface area (Å²) in [5, 5.41) is 1.55. The standard InChI is InChI=1S/C22H35BO2Si/c1-17(23-24-21(2,3)22(4,5)25-23)19-15-11-12-16-20(19)26(6,7)18-13-9-8-10-14-18/h8-10,13-14,19-20H,1,11-12,15-16H2,2-7H3. The summed E-state index contributed by atoms with van der Waals surface area (Å²) in [5.74, 6) is 0.500. The molecule has 0 bridgehead atoms. The highest BCUT2D eigenvalue weighted by Crippen LogP contribution is 2.48. The lowest BCUT2D eigenvalue weighted by Gasteiger charge is -2.43. The van der Waals surface area contributed by atoms with E-state index in [0.717, 1.165) is 0 Å². The number of allylic oxidation sites excluding steroid dienone is 1. The van der Waals surface area contributed by atoms with E-state index in [1.54, 1.807) is 5.19 Å². The van der Waals surface area contributed by atoms with Crippen molar-refractivity contribution < 1.29 is 9.31 Å². The Balaban J connectivity index is 1.85. The SMILES string of the molecule is C=C(B1OC(C)(C)C(C)(C)O1)C1CCCCC1[Si](C)(C)c1ccccc1. The number of hydrogen-bond donors (Lipinski definition) is 0. The van der Waals surface area contributed by atoms with Gasteiger partial charge >= 0.3 is 7.12 Å². The van der Waals surface area contributed by atoms with Gasteiger partial charge in [-0.1, -0.05) is 67.9 Å². The van der Waals surface area contributed by atoms with Crippen molar-refractivity contribution in [3.05, 3.63) is 42.4 Å². The Bertz CT molecular complexity index is 637. The summed E-state index contributed by atoms with van der Waals surface area (Å²) in [7, 11) is -1.87. The van der Waals surface area contributed by atoms with Crippen LogP contribution >= 0.6 is 0 Å². The average molecular weight is 370 g/mol. The molecule has 1 aromatic carbocycles. The molecule has 1 aromatic rings. The minimum Gasteiger partial charge on any atom is -0.400 e. The molecule has 1 heterocycles. The van der Waals surface area contributed by atoms with E-state index in [2.05, 4.69) is 77.7 Å². The third kappa shape index (κ3) is 3.48. The predicted octanol–water partition coefficient (Wildman–Crippen LogP) is 5.35. The smallest absolute Gasteiger partial charge is 0.400 e. The number of benzene rings is 1. The van der Waals surface area contributed by atoms with Crippen LogP contribution in [0.25, 0.3) is 0 Å². The van der Waals surface area contributed by atoms with Crippen LogP contribution in [-0.4, -0.2) is 26.4 Å². The molecule has 3 rings (SSSR count). The average Bonchev–Trinajstić information content (AvgIpc) is 2.83. The Morgan fingerprint density at radius 1 is 1.00 bits per heavy atom. The topological polar surface area (TPSA) is 18.5 Å². The summed E-state index contributed by atoms with van der Waals surface area (Å²) in [6, 6.07) is 11.1. The fourth-order valence-corrected chi connectivity index (χ4v) is 8.48. The van der Waals surface area contributed by atoms with E-state index in [1.807, 2.05) is 0 Å². The van der Waals surface area contributed by atoms with Gasteiger partial charge in [-0.15, -0.1) is 6.58 Å². The van der Waals surface area contributed by atoms with Crippen molar-refractivity contribution in [2.75, 3.05) is 0 Å². The molecule has 2 fully saturated rings. The Hall–Kier alpha value is -0.838. The predicted molar refractivity (Wildman–Crippen MR) is 114 cm³/mol.